The van der Waals surface area contributed by atoms with Gasteiger partial charge in [-0.15, -0.1) is 0 Å². The van der Waals surface area contributed by atoms with E-state index in [1.54, 1.807) is 0 Å². The molecule has 12 aromatic rings. The van der Waals surface area contributed by atoms with E-state index in [2.05, 4.69) is 163 Å². The molecule has 0 aliphatic heterocycles. The fraction of sp³-hybridized carbons (Fsp3) is 0. The Balaban J connectivity index is 1.08. The summed E-state index contributed by atoms with van der Waals surface area (Å²) < 4.78 is 6.88. The van der Waals surface area contributed by atoms with Crippen LogP contribution in [0.1, 0.15) is 0 Å². The van der Waals surface area contributed by atoms with Crippen molar-refractivity contribution in [3.05, 3.63) is 206 Å². The molecular formula is C55H34N4O. The Hall–Kier alpha value is -8.15. The van der Waals surface area contributed by atoms with E-state index in [0.29, 0.717) is 17.5 Å². The van der Waals surface area contributed by atoms with Gasteiger partial charge in [-0.05, 0) is 91.6 Å². The fourth-order valence-electron chi connectivity index (χ4n) is 8.81. The second kappa shape index (κ2) is 13.8. The summed E-state index contributed by atoms with van der Waals surface area (Å²) in [5.74, 6) is 1.78. The van der Waals surface area contributed by atoms with Crippen LogP contribution >= 0.6 is 0 Å². The van der Waals surface area contributed by atoms with Crippen LogP contribution in [0.15, 0.2) is 211 Å². The summed E-state index contributed by atoms with van der Waals surface area (Å²) in [6.45, 7) is 0. The van der Waals surface area contributed by atoms with Gasteiger partial charge in [0.2, 0.25) is 0 Å². The number of anilines is 3. The molecule has 0 aliphatic carbocycles. The van der Waals surface area contributed by atoms with Crippen molar-refractivity contribution in [3.63, 3.8) is 0 Å². The molecule has 0 amide bonds. The second-order valence-electron chi connectivity index (χ2n) is 15.2. The summed E-state index contributed by atoms with van der Waals surface area (Å²) in [5, 5.41) is 11.6. The van der Waals surface area contributed by atoms with Gasteiger partial charge in [0, 0.05) is 38.8 Å². The Kier molecular flexibility index (Phi) is 7.78. The Morgan fingerprint density at radius 3 is 1.77 bits per heavy atom. The van der Waals surface area contributed by atoms with Gasteiger partial charge in [-0.1, -0.05) is 158 Å². The predicted molar refractivity (Wildman–Crippen MR) is 248 cm³/mol. The van der Waals surface area contributed by atoms with Crippen LogP contribution in [0.3, 0.4) is 0 Å². The van der Waals surface area contributed by atoms with Gasteiger partial charge in [0.15, 0.2) is 23.1 Å². The largest absolute Gasteiger partial charge is 0.454 e. The predicted octanol–water partition coefficient (Wildman–Crippen LogP) is 14.9. The monoisotopic (exact) mass is 766 g/mol. The summed E-state index contributed by atoms with van der Waals surface area (Å²) in [6, 6.07) is 72.2. The van der Waals surface area contributed by atoms with Crippen LogP contribution in [0.2, 0.25) is 0 Å². The molecule has 0 radical (unpaired) electrons. The molecule has 10 aromatic carbocycles. The number of hydrogen-bond acceptors (Lipinski definition) is 5. The van der Waals surface area contributed by atoms with Gasteiger partial charge in [-0.2, -0.15) is 0 Å². The van der Waals surface area contributed by atoms with Crippen molar-refractivity contribution in [1.82, 2.24) is 15.0 Å². The first-order chi connectivity index (χ1) is 29.7. The topological polar surface area (TPSA) is 55.1 Å². The maximum absolute atomic E-state index is 6.88. The van der Waals surface area contributed by atoms with Crippen LogP contribution in [0.4, 0.5) is 17.1 Å². The van der Waals surface area contributed by atoms with Gasteiger partial charge >= 0.3 is 0 Å². The van der Waals surface area contributed by atoms with E-state index < -0.39 is 0 Å². The highest BCUT2D eigenvalue weighted by molar-refractivity contribution is 6.18. The molecule has 0 spiro atoms. The molecule has 5 heteroatoms. The fourth-order valence-corrected chi connectivity index (χ4v) is 8.81. The van der Waals surface area contributed by atoms with E-state index in [0.717, 1.165) is 66.5 Å². The van der Waals surface area contributed by atoms with Crippen LogP contribution in [-0.4, -0.2) is 15.0 Å². The zero-order valence-corrected chi connectivity index (χ0v) is 32.3. The molecule has 0 saturated carbocycles. The number of nitrogens with zero attached hydrogens (tertiary/aromatic N) is 4. The van der Waals surface area contributed by atoms with Gasteiger partial charge < -0.3 is 9.32 Å². The Morgan fingerprint density at radius 1 is 0.350 bits per heavy atom. The number of para-hydroxylation sites is 2. The molecule has 0 N–H and O–H groups in total. The Labute approximate surface area is 345 Å². The van der Waals surface area contributed by atoms with Crippen LogP contribution in [0.5, 0.6) is 0 Å². The van der Waals surface area contributed by atoms with E-state index in [-0.39, 0.29) is 0 Å². The van der Waals surface area contributed by atoms with Crippen molar-refractivity contribution >= 4 is 82.1 Å². The van der Waals surface area contributed by atoms with Crippen molar-refractivity contribution in [3.8, 4) is 34.2 Å². The number of aromatic nitrogens is 3. The molecular weight excluding hydrogens is 733 g/mol. The van der Waals surface area contributed by atoms with Gasteiger partial charge in [-0.3, -0.25) is 0 Å². The van der Waals surface area contributed by atoms with Crippen molar-refractivity contribution in [2.45, 2.75) is 0 Å². The second-order valence-corrected chi connectivity index (χ2v) is 15.2. The van der Waals surface area contributed by atoms with Gasteiger partial charge in [0.1, 0.15) is 5.58 Å². The van der Waals surface area contributed by atoms with E-state index in [9.17, 15) is 0 Å². The number of benzene rings is 10. The van der Waals surface area contributed by atoms with Crippen LogP contribution in [0.25, 0.3) is 99.2 Å². The van der Waals surface area contributed by atoms with Crippen LogP contribution in [-0.2, 0) is 0 Å². The molecule has 2 aromatic heterocycles. The SMILES string of the molecule is c1ccc(-c2nc(-c3ccc4c(ccc5c6ccccc6ccc45)c3)nc(-c3ccc(N(c4ccccc4)c4ccc5ccccc5c4)c4oc5ccccc5c34)n2)cc1. The highest BCUT2D eigenvalue weighted by Crippen LogP contribution is 2.46. The Morgan fingerprint density at radius 2 is 0.950 bits per heavy atom. The molecule has 0 aliphatic rings. The molecule has 12 rings (SSSR count). The average Bonchev–Trinajstić information content (AvgIpc) is 3.72. The maximum Gasteiger partial charge on any atom is 0.164 e. The number of furan rings is 1. The lowest BCUT2D eigenvalue weighted by atomic mass is 9.96. The van der Waals surface area contributed by atoms with E-state index in [1.165, 1.54) is 32.3 Å². The molecule has 0 bridgehead atoms. The molecule has 0 unspecified atom stereocenters. The molecule has 0 atom stereocenters. The standard InChI is InChI=1S/C55H34N4O/c1-3-15-37(16-4-1)53-56-54(40-26-28-44-39(33-40)25-30-45-43-20-10-9-14-36(43)24-29-46(44)45)58-55(57-53)48-31-32-49(52-51(48)47-21-11-12-22-50(47)60-52)59(41-18-5-2-6-19-41)42-27-23-35-13-7-8-17-38(35)34-42/h1-34H. The molecule has 280 valence electrons. The highest BCUT2D eigenvalue weighted by atomic mass is 16.3. The normalized spacial score (nSPS) is 11.7. The molecule has 0 saturated heterocycles. The summed E-state index contributed by atoms with van der Waals surface area (Å²) in [7, 11) is 0. The lowest BCUT2D eigenvalue weighted by Crippen LogP contribution is -2.10. The summed E-state index contributed by atoms with van der Waals surface area (Å²) in [4.78, 5) is 17.9. The molecule has 0 fully saturated rings. The van der Waals surface area contributed by atoms with Crippen molar-refractivity contribution in [2.24, 2.45) is 0 Å². The van der Waals surface area contributed by atoms with Crippen molar-refractivity contribution in [1.29, 1.82) is 0 Å². The third kappa shape index (κ3) is 5.59. The summed E-state index contributed by atoms with van der Waals surface area (Å²) >= 11 is 0. The molecule has 2 heterocycles. The Bertz CT molecular complexity index is 3620. The smallest absolute Gasteiger partial charge is 0.164 e. The van der Waals surface area contributed by atoms with E-state index >= 15 is 0 Å². The number of rotatable bonds is 6. The minimum absolute atomic E-state index is 0.573. The zero-order chi connectivity index (χ0) is 39.6. The van der Waals surface area contributed by atoms with Crippen molar-refractivity contribution in [2.75, 3.05) is 4.90 Å². The summed E-state index contributed by atoms with van der Waals surface area (Å²) in [5.41, 5.74) is 7.20. The third-order valence-corrected chi connectivity index (χ3v) is 11.7. The first-order valence-electron chi connectivity index (χ1n) is 20.2. The average molecular weight is 767 g/mol. The zero-order valence-electron chi connectivity index (χ0n) is 32.3. The lowest BCUT2D eigenvalue weighted by Gasteiger charge is -2.26. The minimum atomic E-state index is 0.573. The number of hydrogen-bond donors (Lipinski definition) is 0. The minimum Gasteiger partial charge on any atom is -0.454 e. The van der Waals surface area contributed by atoms with Crippen LogP contribution in [0, 0.1) is 0 Å². The third-order valence-electron chi connectivity index (χ3n) is 11.7. The van der Waals surface area contributed by atoms with E-state index in [1.807, 2.05) is 48.5 Å². The lowest BCUT2D eigenvalue weighted by molar-refractivity contribution is 0.669. The maximum atomic E-state index is 6.88. The molecule has 60 heavy (non-hydrogen) atoms. The summed E-state index contributed by atoms with van der Waals surface area (Å²) in [6.07, 6.45) is 0. The van der Waals surface area contributed by atoms with Gasteiger partial charge in [0.05, 0.1) is 5.69 Å². The van der Waals surface area contributed by atoms with Crippen molar-refractivity contribution < 1.29 is 4.42 Å². The van der Waals surface area contributed by atoms with Gasteiger partial charge in [0.25, 0.3) is 0 Å². The number of fused-ring (bicyclic) bond motifs is 9. The highest BCUT2D eigenvalue weighted by Gasteiger charge is 2.24. The van der Waals surface area contributed by atoms with Crippen LogP contribution < -0.4 is 4.90 Å². The van der Waals surface area contributed by atoms with E-state index in [4.69, 9.17) is 19.4 Å². The first kappa shape index (κ1) is 33.9. The van der Waals surface area contributed by atoms with Gasteiger partial charge in [-0.25, -0.2) is 15.0 Å². The quantitative estimate of drug-likeness (QED) is 0.158. The molecule has 5 nitrogen and oxygen atoms in total. The first-order valence-corrected chi connectivity index (χ1v) is 20.2.